The minimum absolute atomic E-state index is 0.141. The van der Waals surface area contributed by atoms with Crippen LogP contribution in [-0.2, 0) is 4.79 Å². The number of para-hydroxylation sites is 1. The summed E-state index contributed by atoms with van der Waals surface area (Å²) < 4.78 is 0. The van der Waals surface area contributed by atoms with Crippen molar-refractivity contribution in [2.45, 2.75) is 20.8 Å². The first-order chi connectivity index (χ1) is 12.0. The summed E-state index contributed by atoms with van der Waals surface area (Å²) in [5.74, 6) is -0.141. The van der Waals surface area contributed by atoms with Gasteiger partial charge in [0.1, 0.15) is 0 Å². The largest absolute Gasteiger partial charge is 0.302 e. The van der Waals surface area contributed by atoms with Crippen LogP contribution >= 0.6 is 0 Å². The van der Waals surface area contributed by atoms with E-state index in [2.05, 4.69) is 42.8 Å². The Morgan fingerprint density at radius 3 is 2.64 bits per heavy atom. The number of benzene rings is 2. The average Bonchev–Trinajstić information content (AvgIpc) is 2.87. The number of hydrogen-bond acceptors (Lipinski definition) is 3. The van der Waals surface area contributed by atoms with Crippen LogP contribution in [0, 0.1) is 13.8 Å². The maximum atomic E-state index is 12.7. The number of aryl methyl sites for hydroxylation is 2. The maximum Gasteiger partial charge on any atom is 0.279 e. The zero-order chi connectivity index (χ0) is 18.0. The van der Waals surface area contributed by atoms with Gasteiger partial charge in [-0.05, 0) is 49.6 Å². The zero-order valence-corrected chi connectivity index (χ0v) is 14.8. The van der Waals surface area contributed by atoms with E-state index in [1.165, 1.54) is 11.1 Å². The van der Waals surface area contributed by atoms with Gasteiger partial charge in [0, 0.05) is 12.1 Å². The molecule has 1 aliphatic rings. The molecule has 0 bridgehead atoms. The average molecular weight is 331 g/mol. The van der Waals surface area contributed by atoms with Crippen LogP contribution in [0.5, 0.6) is 0 Å². The highest BCUT2D eigenvalue weighted by atomic mass is 16.2. The number of nitrogens with zero attached hydrogens (tertiary/aromatic N) is 3. The molecular formula is C21H21N3O. The molecule has 0 N–H and O–H groups in total. The number of carbonyl (C=O) groups is 1. The molecule has 1 amide bonds. The molecule has 4 nitrogen and oxygen atoms in total. The second kappa shape index (κ2) is 6.85. The van der Waals surface area contributed by atoms with Crippen LogP contribution in [0.2, 0.25) is 0 Å². The van der Waals surface area contributed by atoms with Gasteiger partial charge in [0.2, 0.25) is 0 Å². The highest BCUT2D eigenvalue weighted by Gasteiger charge is 2.33. The third-order valence-corrected chi connectivity index (χ3v) is 4.43. The zero-order valence-electron chi connectivity index (χ0n) is 14.8. The summed E-state index contributed by atoms with van der Waals surface area (Å²) in [6.45, 7) is 10.2. The van der Waals surface area contributed by atoms with Crippen LogP contribution in [0.4, 0.5) is 5.69 Å². The molecule has 0 aromatic heterocycles. The lowest BCUT2D eigenvalue weighted by atomic mass is 10.0. The van der Waals surface area contributed by atoms with E-state index < -0.39 is 0 Å². The molecule has 3 rings (SSSR count). The van der Waals surface area contributed by atoms with Gasteiger partial charge < -0.3 is 4.90 Å². The summed E-state index contributed by atoms with van der Waals surface area (Å²) in [4.78, 5) is 14.3. The van der Waals surface area contributed by atoms with Gasteiger partial charge in [-0.15, -0.1) is 11.7 Å². The molecule has 1 heterocycles. The fourth-order valence-electron chi connectivity index (χ4n) is 2.82. The van der Waals surface area contributed by atoms with Gasteiger partial charge in [0.15, 0.2) is 5.71 Å². The summed E-state index contributed by atoms with van der Waals surface area (Å²) in [5.41, 5.74) is 6.27. The molecule has 0 radical (unpaired) electrons. The van der Waals surface area contributed by atoms with E-state index in [-0.39, 0.29) is 5.91 Å². The third-order valence-electron chi connectivity index (χ3n) is 4.43. The molecule has 0 aliphatic carbocycles. The standard InChI is InChI=1S/C21H21N3O/c1-5-12-24-19-9-7-6-8-18(19)20(21(24)25)23-22-16(4)17-11-10-14(2)15(3)13-17/h5-11,13H,1,12H2,2-4H3/b22-16-,23-20-. The predicted molar refractivity (Wildman–Crippen MR) is 104 cm³/mol. The van der Waals surface area contributed by atoms with Crippen molar-refractivity contribution in [3.05, 3.63) is 77.4 Å². The Morgan fingerprint density at radius 2 is 1.92 bits per heavy atom. The van der Waals surface area contributed by atoms with Crippen molar-refractivity contribution in [2.24, 2.45) is 10.2 Å². The van der Waals surface area contributed by atoms with E-state index in [1.807, 2.05) is 37.3 Å². The van der Waals surface area contributed by atoms with Crippen LogP contribution in [0.1, 0.15) is 29.2 Å². The first-order valence-corrected chi connectivity index (χ1v) is 8.25. The van der Waals surface area contributed by atoms with Gasteiger partial charge in [-0.3, -0.25) is 4.79 Å². The van der Waals surface area contributed by atoms with Gasteiger partial charge in [-0.2, -0.15) is 5.10 Å². The summed E-state index contributed by atoms with van der Waals surface area (Å²) >= 11 is 0. The van der Waals surface area contributed by atoms with Crippen molar-refractivity contribution in [1.29, 1.82) is 0 Å². The molecule has 2 aromatic carbocycles. The highest BCUT2D eigenvalue weighted by Crippen LogP contribution is 2.29. The smallest absolute Gasteiger partial charge is 0.279 e. The molecule has 1 aliphatic heterocycles. The Balaban J connectivity index is 1.99. The van der Waals surface area contributed by atoms with Crippen LogP contribution in [0.15, 0.2) is 65.3 Å². The molecule has 0 atom stereocenters. The number of fused-ring (bicyclic) bond motifs is 1. The Bertz CT molecular complexity index is 909. The van der Waals surface area contributed by atoms with Gasteiger partial charge in [-0.1, -0.05) is 36.4 Å². The number of anilines is 1. The summed E-state index contributed by atoms with van der Waals surface area (Å²) in [6.07, 6.45) is 1.71. The topological polar surface area (TPSA) is 45.0 Å². The Labute approximate surface area is 148 Å². The SMILES string of the molecule is C=CCN1C(=O)/C(=N\N=C(\C)c2ccc(C)c(C)c2)c2ccccc21. The van der Waals surface area contributed by atoms with Crippen molar-refractivity contribution < 1.29 is 4.79 Å². The lowest BCUT2D eigenvalue weighted by molar-refractivity contribution is -0.112. The van der Waals surface area contributed by atoms with Gasteiger partial charge in [0.05, 0.1) is 11.4 Å². The molecule has 126 valence electrons. The molecule has 4 heteroatoms. The lowest BCUT2D eigenvalue weighted by Crippen LogP contribution is -2.30. The molecule has 0 fully saturated rings. The Kier molecular flexibility index (Phi) is 4.61. The first-order valence-electron chi connectivity index (χ1n) is 8.25. The Morgan fingerprint density at radius 1 is 1.16 bits per heavy atom. The van der Waals surface area contributed by atoms with Crippen molar-refractivity contribution in [2.75, 3.05) is 11.4 Å². The molecule has 2 aromatic rings. The van der Waals surface area contributed by atoms with Crippen molar-refractivity contribution in [1.82, 2.24) is 0 Å². The lowest BCUT2D eigenvalue weighted by Gasteiger charge is -2.13. The molecule has 0 saturated carbocycles. The first kappa shape index (κ1) is 16.8. The van der Waals surface area contributed by atoms with Crippen LogP contribution in [0.3, 0.4) is 0 Å². The fraction of sp³-hybridized carbons (Fsp3) is 0.190. The van der Waals surface area contributed by atoms with Gasteiger partial charge in [0.25, 0.3) is 5.91 Å². The summed E-state index contributed by atoms with van der Waals surface area (Å²) in [7, 11) is 0. The monoisotopic (exact) mass is 331 g/mol. The molecule has 0 saturated heterocycles. The molecular weight excluding hydrogens is 310 g/mol. The van der Waals surface area contributed by atoms with E-state index in [0.717, 1.165) is 22.5 Å². The number of amides is 1. The predicted octanol–water partition coefficient (Wildman–Crippen LogP) is 4.05. The van der Waals surface area contributed by atoms with E-state index >= 15 is 0 Å². The Hall–Kier alpha value is -3.01. The molecule has 0 spiro atoms. The summed E-state index contributed by atoms with van der Waals surface area (Å²) in [6, 6.07) is 13.8. The molecule has 25 heavy (non-hydrogen) atoms. The molecule has 0 unspecified atom stereocenters. The number of hydrogen-bond donors (Lipinski definition) is 0. The van der Waals surface area contributed by atoms with E-state index in [0.29, 0.717) is 12.3 Å². The van der Waals surface area contributed by atoms with Crippen molar-refractivity contribution in [3.8, 4) is 0 Å². The minimum atomic E-state index is -0.141. The number of rotatable bonds is 4. The summed E-state index contributed by atoms with van der Waals surface area (Å²) in [5, 5.41) is 8.61. The maximum absolute atomic E-state index is 12.7. The quantitative estimate of drug-likeness (QED) is 0.473. The van der Waals surface area contributed by atoms with Crippen molar-refractivity contribution >= 4 is 23.0 Å². The minimum Gasteiger partial charge on any atom is -0.302 e. The second-order valence-electron chi connectivity index (χ2n) is 6.15. The van der Waals surface area contributed by atoms with Gasteiger partial charge >= 0.3 is 0 Å². The number of carbonyl (C=O) groups excluding carboxylic acids is 1. The van der Waals surface area contributed by atoms with Crippen LogP contribution in [0.25, 0.3) is 0 Å². The van der Waals surface area contributed by atoms with Crippen molar-refractivity contribution in [3.63, 3.8) is 0 Å². The second-order valence-corrected chi connectivity index (χ2v) is 6.15. The fourth-order valence-corrected chi connectivity index (χ4v) is 2.82. The van der Waals surface area contributed by atoms with E-state index in [1.54, 1.807) is 11.0 Å². The van der Waals surface area contributed by atoms with E-state index in [9.17, 15) is 4.79 Å². The third kappa shape index (κ3) is 3.15. The van der Waals surface area contributed by atoms with E-state index in [4.69, 9.17) is 0 Å². The van der Waals surface area contributed by atoms with Crippen LogP contribution in [-0.4, -0.2) is 23.9 Å². The highest BCUT2D eigenvalue weighted by molar-refractivity contribution is 6.54. The van der Waals surface area contributed by atoms with Crippen LogP contribution < -0.4 is 4.90 Å². The normalized spacial score (nSPS) is 15.6. The van der Waals surface area contributed by atoms with Gasteiger partial charge in [-0.25, -0.2) is 0 Å².